The van der Waals surface area contributed by atoms with E-state index in [0.717, 1.165) is 39.4 Å². The molecule has 33 heavy (non-hydrogen) atoms. The van der Waals surface area contributed by atoms with Gasteiger partial charge in [0.25, 0.3) is 0 Å². The number of para-hydroxylation sites is 1. The van der Waals surface area contributed by atoms with E-state index in [0.29, 0.717) is 30.2 Å². The van der Waals surface area contributed by atoms with E-state index < -0.39 is 0 Å². The van der Waals surface area contributed by atoms with Crippen molar-refractivity contribution in [1.82, 2.24) is 5.16 Å². The van der Waals surface area contributed by atoms with Crippen LogP contribution in [0.4, 0.5) is 5.88 Å². The predicted octanol–water partition coefficient (Wildman–Crippen LogP) is 4.97. The molecule has 7 heteroatoms. The van der Waals surface area contributed by atoms with Crippen molar-refractivity contribution < 1.29 is 23.5 Å². The molecule has 0 spiro atoms. The summed E-state index contributed by atoms with van der Waals surface area (Å²) in [6, 6.07) is 13.6. The summed E-state index contributed by atoms with van der Waals surface area (Å²) in [7, 11) is 4.87. The Labute approximate surface area is 192 Å². The van der Waals surface area contributed by atoms with Crippen LogP contribution < -0.4 is 19.5 Å². The fourth-order valence-electron chi connectivity index (χ4n) is 5.03. The summed E-state index contributed by atoms with van der Waals surface area (Å²) in [5.41, 5.74) is 5.23. The fraction of sp³-hybridized carbons (Fsp3) is 0.308. The first kappa shape index (κ1) is 21.1. The van der Waals surface area contributed by atoms with Crippen molar-refractivity contribution in [2.75, 3.05) is 26.6 Å². The smallest absolute Gasteiger partial charge is 0.233 e. The highest BCUT2D eigenvalue weighted by atomic mass is 16.5. The average Bonchev–Trinajstić information content (AvgIpc) is 3.22. The Morgan fingerprint density at radius 1 is 0.970 bits per heavy atom. The fourth-order valence-corrected chi connectivity index (χ4v) is 5.03. The summed E-state index contributed by atoms with van der Waals surface area (Å²) >= 11 is 0. The number of nitrogens with one attached hydrogen (secondary N) is 1. The summed E-state index contributed by atoms with van der Waals surface area (Å²) in [5, 5.41) is 7.56. The molecule has 0 fully saturated rings. The number of hydrogen-bond acceptors (Lipinski definition) is 7. The molecule has 0 bridgehead atoms. The van der Waals surface area contributed by atoms with Crippen LogP contribution in [-0.2, 0) is 4.79 Å². The van der Waals surface area contributed by atoms with Gasteiger partial charge in [-0.15, -0.1) is 0 Å². The number of benzene rings is 2. The van der Waals surface area contributed by atoms with Crippen LogP contribution >= 0.6 is 0 Å². The SMILES string of the molecule is COc1ccc([C@H]2CC(=O)C3=C(C2)Nc2onc(C)c2[C@H]3c2ccccc2OC)cc1OC. The van der Waals surface area contributed by atoms with Crippen LogP contribution in [0.3, 0.4) is 0 Å². The molecular weight excluding hydrogens is 420 g/mol. The monoisotopic (exact) mass is 446 g/mol. The Morgan fingerprint density at radius 2 is 1.73 bits per heavy atom. The van der Waals surface area contributed by atoms with E-state index in [1.54, 1.807) is 21.3 Å². The normalized spacial score (nSPS) is 19.5. The highest BCUT2D eigenvalue weighted by Crippen LogP contribution is 2.51. The highest BCUT2D eigenvalue weighted by Gasteiger charge is 2.42. The standard InChI is InChI=1S/C26H26N2O5/c1-14-23-24(17-7-5-6-8-20(17)30-2)25-18(27-26(23)33-28-14)11-16(12-19(25)29)15-9-10-21(31-3)22(13-15)32-4/h5-10,13,16,24,27H,11-12H2,1-4H3/t16-,24-/m1/s1. The van der Waals surface area contributed by atoms with Gasteiger partial charge in [0, 0.05) is 23.3 Å². The molecule has 0 amide bonds. The van der Waals surface area contributed by atoms with E-state index >= 15 is 0 Å². The van der Waals surface area contributed by atoms with E-state index in [1.807, 2.05) is 49.4 Å². The lowest BCUT2D eigenvalue weighted by molar-refractivity contribution is -0.116. The summed E-state index contributed by atoms with van der Waals surface area (Å²) in [5.74, 6) is 2.45. The van der Waals surface area contributed by atoms with Crippen molar-refractivity contribution in [3.63, 3.8) is 0 Å². The number of ketones is 1. The molecule has 0 radical (unpaired) electrons. The number of aryl methyl sites for hydroxylation is 1. The number of carbonyl (C=O) groups is 1. The maximum atomic E-state index is 13.7. The van der Waals surface area contributed by atoms with Crippen molar-refractivity contribution in [2.24, 2.45) is 0 Å². The molecule has 0 unspecified atom stereocenters. The zero-order valence-electron chi connectivity index (χ0n) is 19.1. The topological polar surface area (TPSA) is 82.8 Å². The number of aromatic nitrogens is 1. The van der Waals surface area contributed by atoms with Crippen molar-refractivity contribution in [2.45, 2.75) is 31.6 Å². The second kappa shape index (κ2) is 8.31. The van der Waals surface area contributed by atoms with Gasteiger partial charge in [0.05, 0.1) is 38.5 Å². The number of hydrogen-bond donors (Lipinski definition) is 1. The van der Waals surface area contributed by atoms with E-state index in [2.05, 4.69) is 10.5 Å². The minimum Gasteiger partial charge on any atom is -0.496 e. The Balaban J connectivity index is 1.60. The molecule has 1 aromatic heterocycles. The summed E-state index contributed by atoms with van der Waals surface area (Å²) in [6.45, 7) is 1.90. The summed E-state index contributed by atoms with van der Waals surface area (Å²) < 4.78 is 22.1. The number of fused-ring (bicyclic) bond motifs is 1. The van der Waals surface area contributed by atoms with Crippen LogP contribution in [0.15, 0.2) is 58.3 Å². The minimum atomic E-state index is -0.294. The quantitative estimate of drug-likeness (QED) is 0.593. The molecule has 3 aromatic rings. The molecule has 7 nitrogen and oxygen atoms in total. The third kappa shape index (κ3) is 3.44. The van der Waals surface area contributed by atoms with Gasteiger partial charge in [-0.3, -0.25) is 4.79 Å². The summed E-state index contributed by atoms with van der Waals surface area (Å²) in [6.07, 6.45) is 1.07. The molecule has 1 aliphatic heterocycles. The number of Topliss-reactive ketones (excluding diaryl/α,β-unsaturated/α-hetero) is 1. The van der Waals surface area contributed by atoms with E-state index in [1.165, 1.54) is 0 Å². The van der Waals surface area contributed by atoms with Crippen LogP contribution in [0.2, 0.25) is 0 Å². The van der Waals surface area contributed by atoms with Crippen LogP contribution in [0.1, 0.15) is 47.1 Å². The molecular formula is C26H26N2O5. The lowest BCUT2D eigenvalue weighted by Gasteiger charge is -2.35. The lowest BCUT2D eigenvalue weighted by atomic mass is 9.72. The molecule has 0 saturated carbocycles. The molecule has 1 aliphatic carbocycles. The summed E-state index contributed by atoms with van der Waals surface area (Å²) in [4.78, 5) is 13.7. The van der Waals surface area contributed by atoms with Gasteiger partial charge >= 0.3 is 0 Å². The molecule has 2 atom stereocenters. The van der Waals surface area contributed by atoms with Gasteiger partial charge in [0.1, 0.15) is 5.75 Å². The van der Waals surface area contributed by atoms with E-state index in [9.17, 15) is 4.79 Å². The molecule has 5 rings (SSSR count). The number of methoxy groups -OCH3 is 3. The molecule has 0 saturated heterocycles. The van der Waals surface area contributed by atoms with Gasteiger partial charge in [-0.05, 0) is 43.0 Å². The third-order valence-corrected chi connectivity index (χ3v) is 6.59. The van der Waals surface area contributed by atoms with Gasteiger partial charge in [-0.2, -0.15) is 0 Å². The van der Waals surface area contributed by atoms with Gasteiger partial charge in [0.2, 0.25) is 5.88 Å². The number of allylic oxidation sites excluding steroid dienone is 2. The van der Waals surface area contributed by atoms with Crippen LogP contribution in [0.5, 0.6) is 17.2 Å². The van der Waals surface area contributed by atoms with Gasteiger partial charge in [0.15, 0.2) is 17.3 Å². The zero-order chi connectivity index (χ0) is 23.1. The maximum Gasteiger partial charge on any atom is 0.233 e. The molecule has 2 heterocycles. The number of nitrogens with zero attached hydrogens (tertiary/aromatic N) is 1. The lowest BCUT2D eigenvalue weighted by Crippen LogP contribution is -2.29. The van der Waals surface area contributed by atoms with Crippen LogP contribution in [0.25, 0.3) is 0 Å². The number of anilines is 1. The van der Waals surface area contributed by atoms with Crippen molar-refractivity contribution in [3.8, 4) is 17.2 Å². The van der Waals surface area contributed by atoms with E-state index in [4.69, 9.17) is 18.7 Å². The Kier molecular flexibility index (Phi) is 5.32. The predicted molar refractivity (Wildman–Crippen MR) is 123 cm³/mol. The number of carbonyl (C=O) groups excluding carboxylic acids is 1. The highest BCUT2D eigenvalue weighted by molar-refractivity contribution is 6.01. The molecule has 1 N–H and O–H groups in total. The maximum absolute atomic E-state index is 13.7. The second-order valence-electron chi connectivity index (χ2n) is 8.35. The largest absolute Gasteiger partial charge is 0.496 e. The minimum absolute atomic E-state index is 0.00689. The average molecular weight is 447 g/mol. The first-order valence-electron chi connectivity index (χ1n) is 10.9. The molecule has 170 valence electrons. The zero-order valence-corrected chi connectivity index (χ0v) is 19.1. The van der Waals surface area contributed by atoms with Crippen LogP contribution in [0, 0.1) is 6.92 Å². The van der Waals surface area contributed by atoms with Crippen LogP contribution in [-0.4, -0.2) is 32.3 Å². The van der Waals surface area contributed by atoms with Crippen molar-refractivity contribution in [3.05, 3.63) is 76.1 Å². The Bertz CT molecular complexity index is 1260. The van der Waals surface area contributed by atoms with Crippen molar-refractivity contribution in [1.29, 1.82) is 0 Å². The Morgan fingerprint density at radius 3 is 2.48 bits per heavy atom. The molecule has 2 aromatic carbocycles. The molecule has 2 aliphatic rings. The first-order chi connectivity index (χ1) is 16.0. The van der Waals surface area contributed by atoms with Crippen molar-refractivity contribution >= 4 is 11.7 Å². The Hall–Kier alpha value is -3.74. The number of ether oxygens (including phenoxy) is 3. The first-order valence-corrected chi connectivity index (χ1v) is 10.9. The van der Waals surface area contributed by atoms with Gasteiger partial charge < -0.3 is 24.1 Å². The van der Waals surface area contributed by atoms with E-state index in [-0.39, 0.29) is 17.6 Å². The second-order valence-corrected chi connectivity index (χ2v) is 8.35. The van der Waals surface area contributed by atoms with Gasteiger partial charge in [-0.25, -0.2) is 0 Å². The van der Waals surface area contributed by atoms with Gasteiger partial charge in [-0.1, -0.05) is 29.4 Å². The third-order valence-electron chi connectivity index (χ3n) is 6.59. The number of rotatable bonds is 5.